The van der Waals surface area contributed by atoms with E-state index in [0.717, 1.165) is 25.1 Å². The number of aromatic nitrogens is 2. The first-order chi connectivity index (χ1) is 7.38. The van der Waals surface area contributed by atoms with Gasteiger partial charge in [0, 0.05) is 23.7 Å². The summed E-state index contributed by atoms with van der Waals surface area (Å²) in [7, 11) is 0. The lowest BCUT2D eigenvalue weighted by molar-refractivity contribution is 0.821. The molecule has 3 heteroatoms. The Morgan fingerprint density at radius 1 is 1.20 bits per heavy atom. The molecule has 1 heterocycles. The molecular formula is C12H17N3. The number of nitrogens with two attached hydrogens (primary N) is 1. The highest BCUT2D eigenvalue weighted by Crippen LogP contribution is 2.39. The van der Waals surface area contributed by atoms with E-state index in [4.69, 9.17) is 15.7 Å². The molecule has 3 rings (SSSR count). The van der Waals surface area contributed by atoms with Crippen molar-refractivity contribution in [3.63, 3.8) is 0 Å². The highest BCUT2D eigenvalue weighted by atomic mass is 14.9. The van der Waals surface area contributed by atoms with E-state index >= 15 is 0 Å². The normalized spacial score (nSPS) is 19.3. The van der Waals surface area contributed by atoms with E-state index in [1.807, 2.05) is 0 Å². The zero-order chi connectivity index (χ0) is 10.3. The fourth-order valence-electron chi connectivity index (χ4n) is 2.40. The van der Waals surface area contributed by atoms with Crippen LogP contribution < -0.4 is 5.73 Å². The largest absolute Gasteiger partial charge is 0.330 e. The molecule has 2 N–H and O–H groups in total. The van der Waals surface area contributed by atoms with E-state index in [9.17, 15) is 0 Å². The maximum atomic E-state index is 5.64. The molecule has 80 valence electrons. The summed E-state index contributed by atoms with van der Waals surface area (Å²) >= 11 is 0. The first kappa shape index (κ1) is 9.28. The molecule has 1 aromatic heterocycles. The summed E-state index contributed by atoms with van der Waals surface area (Å²) in [6.07, 6.45) is 7.03. The van der Waals surface area contributed by atoms with Crippen LogP contribution in [0.4, 0.5) is 0 Å². The zero-order valence-electron chi connectivity index (χ0n) is 9.00. The monoisotopic (exact) mass is 203 g/mol. The van der Waals surface area contributed by atoms with Gasteiger partial charge in [-0.3, -0.25) is 0 Å². The second kappa shape index (κ2) is 3.56. The SMILES string of the molecule is NCCc1nc(C2CC2)nc2c1CCC2. The average molecular weight is 203 g/mol. The number of fused-ring (bicyclic) bond motifs is 1. The minimum Gasteiger partial charge on any atom is -0.330 e. The Morgan fingerprint density at radius 2 is 2.07 bits per heavy atom. The van der Waals surface area contributed by atoms with Crippen molar-refractivity contribution in [1.29, 1.82) is 0 Å². The maximum absolute atomic E-state index is 5.64. The molecule has 15 heavy (non-hydrogen) atoms. The number of aryl methyl sites for hydroxylation is 1. The topological polar surface area (TPSA) is 51.8 Å². The lowest BCUT2D eigenvalue weighted by Gasteiger charge is -2.08. The predicted octanol–water partition coefficient (Wildman–Crippen LogP) is 1.34. The van der Waals surface area contributed by atoms with Crippen molar-refractivity contribution in [2.24, 2.45) is 5.73 Å². The molecule has 3 nitrogen and oxygen atoms in total. The molecule has 0 spiro atoms. The number of nitrogens with zero attached hydrogens (tertiary/aromatic N) is 2. The van der Waals surface area contributed by atoms with Crippen molar-refractivity contribution in [3.05, 3.63) is 22.8 Å². The van der Waals surface area contributed by atoms with Gasteiger partial charge < -0.3 is 5.73 Å². The van der Waals surface area contributed by atoms with Gasteiger partial charge in [-0.2, -0.15) is 0 Å². The van der Waals surface area contributed by atoms with Gasteiger partial charge >= 0.3 is 0 Å². The molecule has 1 aromatic rings. The third-order valence-electron chi connectivity index (χ3n) is 3.36. The van der Waals surface area contributed by atoms with Gasteiger partial charge in [-0.05, 0) is 44.2 Å². The highest BCUT2D eigenvalue weighted by Gasteiger charge is 2.29. The van der Waals surface area contributed by atoms with E-state index in [0.29, 0.717) is 12.5 Å². The van der Waals surface area contributed by atoms with Crippen LogP contribution in [-0.4, -0.2) is 16.5 Å². The Balaban J connectivity index is 2.02. The van der Waals surface area contributed by atoms with Crippen LogP contribution in [0.15, 0.2) is 0 Å². The lowest BCUT2D eigenvalue weighted by atomic mass is 10.1. The van der Waals surface area contributed by atoms with Crippen LogP contribution in [0.2, 0.25) is 0 Å². The fourth-order valence-corrected chi connectivity index (χ4v) is 2.40. The minimum atomic E-state index is 0.660. The molecule has 0 aromatic carbocycles. The van der Waals surface area contributed by atoms with Gasteiger partial charge in [0.2, 0.25) is 0 Å². The molecule has 1 fully saturated rings. The van der Waals surface area contributed by atoms with Crippen LogP contribution in [-0.2, 0) is 19.3 Å². The summed E-state index contributed by atoms with van der Waals surface area (Å²) in [5.74, 6) is 1.76. The van der Waals surface area contributed by atoms with Crippen molar-refractivity contribution >= 4 is 0 Å². The van der Waals surface area contributed by atoms with Crippen molar-refractivity contribution in [2.75, 3.05) is 6.54 Å². The van der Waals surface area contributed by atoms with Gasteiger partial charge in [0.25, 0.3) is 0 Å². The number of hydrogen-bond acceptors (Lipinski definition) is 3. The first-order valence-corrected chi connectivity index (χ1v) is 5.97. The maximum Gasteiger partial charge on any atom is 0.131 e. The van der Waals surface area contributed by atoms with Crippen LogP contribution >= 0.6 is 0 Å². The second-order valence-electron chi connectivity index (χ2n) is 4.62. The van der Waals surface area contributed by atoms with Crippen LogP contribution in [0, 0.1) is 0 Å². The van der Waals surface area contributed by atoms with E-state index in [1.165, 1.54) is 36.2 Å². The Bertz CT molecular complexity index is 383. The summed E-state index contributed by atoms with van der Waals surface area (Å²) in [6, 6.07) is 0. The van der Waals surface area contributed by atoms with Crippen LogP contribution in [0.25, 0.3) is 0 Å². The molecule has 0 unspecified atom stereocenters. The Morgan fingerprint density at radius 3 is 2.80 bits per heavy atom. The Hall–Kier alpha value is -0.960. The van der Waals surface area contributed by atoms with E-state index in [1.54, 1.807) is 0 Å². The molecule has 0 saturated heterocycles. The van der Waals surface area contributed by atoms with Crippen LogP contribution in [0.3, 0.4) is 0 Å². The van der Waals surface area contributed by atoms with Crippen molar-refractivity contribution < 1.29 is 0 Å². The van der Waals surface area contributed by atoms with Crippen molar-refractivity contribution in [2.45, 2.75) is 44.4 Å². The third kappa shape index (κ3) is 1.65. The summed E-state index contributed by atoms with van der Waals surface area (Å²) < 4.78 is 0. The third-order valence-corrected chi connectivity index (χ3v) is 3.36. The summed E-state index contributed by atoms with van der Waals surface area (Å²) in [5.41, 5.74) is 9.60. The van der Waals surface area contributed by atoms with Crippen molar-refractivity contribution in [3.8, 4) is 0 Å². The van der Waals surface area contributed by atoms with Crippen LogP contribution in [0.1, 0.15) is 48.0 Å². The molecule has 0 amide bonds. The molecule has 0 radical (unpaired) electrons. The van der Waals surface area contributed by atoms with E-state index < -0.39 is 0 Å². The standard InChI is InChI=1S/C12H17N3/c13-7-6-11-9-2-1-3-10(9)14-12(15-11)8-4-5-8/h8H,1-7,13H2. The summed E-state index contributed by atoms with van der Waals surface area (Å²) in [5, 5.41) is 0. The molecule has 0 bridgehead atoms. The predicted molar refractivity (Wildman–Crippen MR) is 58.8 cm³/mol. The van der Waals surface area contributed by atoms with Gasteiger partial charge in [0.1, 0.15) is 5.82 Å². The summed E-state index contributed by atoms with van der Waals surface area (Å²) in [4.78, 5) is 9.41. The minimum absolute atomic E-state index is 0.660. The highest BCUT2D eigenvalue weighted by molar-refractivity contribution is 5.31. The van der Waals surface area contributed by atoms with Gasteiger partial charge in [-0.15, -0.1) is 0 Å². The first-order valence-electron chi connectivity index (χ1n) is 5.97. The summed E-state index contributed by atoms with van der Waals surface area (Å²) in [6.45, 7) is 0.702. The zero-order valence-corrected chi connectivity index (χ0v) is 9.00. The molecule has 2 aliphatic carbocycles. The quantitative estimate of drug-likeness (QED) is 0.806. The lowest BCUT2D eigenvalue weighted by Crippen LogP contribution is -2.10. The fraction of sp³-hybridized carbons (Fsp3) is 0.667. The smallest absolute Gasteiger partial charge is 0.131 e. The molecular weight excluding hydrogens is 186 g/mol. The van der Waals surface area contributed by atoms with Gasteiger partial charge in [0.15, 0.2) is 0 Å². The van der Waals surface area contributed by atoms with Gasteiger partial charge in [-0.1, -0.05) is 0 Å². The molecule has 0 atom stereocenters. The van der Waals surface area contributed by atoms with Crippen LogP contribution in [0.5, 0.6) is 0 Å². The molecule has 1 saturated carbocycles. The number of hydrogen-bond donors (Lipinski definition) is 1. The average Bonchev–Trinajstić information content (AvgIpc) is 2.98. The molecule has 2 aliphatic rings. The van der Waals surface area contributed by atoms with Gasteiger partial charge in [0.05, 0.1) is 0 Å². The van der Waals surface area contributed by atoms with Gasteiger partial charge in [-0.25, -0.2) is 9.97 Å². The Kier molecular flexibility index (Phi) is 2.20. The second-order valence-corrected chi connectivity index (χ2v) is 4.62. The van der Waals surface area contributed by atoms with Crippen molar-refractivity contribution in [1.82, 2.24) is 9.97 Å². The number of rotatable bonds is 3. The van der Waals surface area contributed by atoms with E-state index in [-0.39, 0.29) is 0 Å². The Labute approximate surface area is 90.1 Å². The molecule has 0 aliphatic heterocycles. The van der Waals surface area contributed by atoms with E-state index in [2.05, 4.69) is 0 Å².